The van der Waals surface area contributed by atoms with Crippen molar-refractivity contribution in [2.24, 2.45) is 0 Å². The van der Waals surface area contributed by atoms with Crippen molar-refractivity contribution in [3.63, 3.8) is 0 Å². The predicted octanol–water partition coefficient (Wildman–Crippen LogP) is 3.90. The Morgan fingerprint density at radius 3 is 3.00 bits per heavy atom. The van der Waals surface area contributed by atoms with Gasteiger partial charge in [-0.25, -0.2) is 4.98 Å². The fourth-order valence-electron chi connectivity index (χ4n) is 2.60. The van der Waals surface area contributed by atoms with E-state index >= 15 is 0 Å². The molecular formula is C14H24N2. The zero-order valence-corrected chi connectivity index (χ0v) is 10.7. The van der Waals surface area contributed by atoms with Crippen LogP contribution in [-0.2, 0) is 12.8 Å². The molecule has 0 bridgehead atoms. The maximum absolute atomic E-state index is 4.76. The summed E-state index contributed by atoms with van der Waals surface area (Å²) in [5.41, 5.74) is 1.32. The van der Waals surface area contributed by atoms with E-state index in [-0.39, 0.29) is 0 Å². The first-order valence-electron chi connectivity index (χ1n) is 6.88. The normalized spacial score (nSPS) is 19.8. The molecule has 0 saturated carbocycles. The Balaban J connectivity index is 1.91. The van der Waals surface area contributed by atoms with Gasteiger partial charge in [0.05, 0.1) is 5.69 Å². The van der Waals surface area contributed by atoms with Crippen molar-refractivity contribution >= 4 is 0 Å². The number of unbranched alkanes of at least 4 members (excludes halogenated alkanes) is 3. The van der Waals surface area contributed by atoms with E-state index in [0.717, 1.165) is 0 Å². The molecule has 0 spiro atoms. The molecule has 0 aliphatic carbocycles. The maximum Gasteiger partial charge on any atom is 0.109 e. The van der Waals surface area contributed by atoms with Crippen LogP contribution >= 0.6 is 0 Å². The van der Waals surface area contributed by atoms with Crippen LogP contribution in [0.25, 0.3) is 0 Å². The molecule has 0 fully saturated rings. The summed E-state index contributed by atoms with van der Waals surface area (Å²) in [6, 6.07) is 0.667. The van der Waals surface area contributed by atoms with Crippen molar-refractivity contribution < 1.29 is 0 Å². The Labute approximate surface area is 99.1 Å². The van der Waals surface area contributed by atoms with Crippen LogP contribution in [0.5, 0.6) is 0 Å². The standard InChI is InChI=1S/C14H24N2/c1-3-4-5-6-9-13-11-16-12(2)8-7-10-14(16)15-13/h11-12H,3-10H2,1-2H3. The molecule has 16 heavy (non-hydrogen) atoms. The van der Waals surface area contributed by atoms with Gasteiger partial charge in [0, 0.05) is 18.7 Å². The molecule has 1 aliphatic rings. The molecule has 0 radical (unpaired) electrons. The third-order valence-corrected chi connectivity index (χ3v) is 3.64. The van der Waals surface area contributed by atoms with Gasteiger partial charge in [0.15, 0.2) is 0 Å². The lowest BCUT2D eigenvalue weighted by Crippen LogP contribution is -2.14. The zero-order chi connectivity index (χ0) is 11.4. The van der Waals surface area contributed by atoms with Crippen LogP contribution < -0.4 is 0 Å². The topological polar surface area (TPSA) is 17.8 Å². The minimum atomic E-state index is 0.667. The molecule has 0 amide bonds. The van der Waals surface area contributed by atoms with E-state index in [0.29, 0.717) is 6.04 Å². The maximum atomic E-state index is 4.76. The average molecular weight is 220 g/mol. The SMILES string of the molecule is CCCCCCc1cn2c(n1)CCCC2C. The molecule has 2 heterocycles. The Morgan fingerprint density at radius 2 is 2.25 bits per heavy atom. The molecule has 0 N–H and O–H groups in total. The van der Waals surface area contributed by atoms with Gasteiger partial charge in [0.2, 0.25) is 0 Å². The van der Waals surface area contributed by atoms with Gasteiger partial charge in [-0.15, -0.1) is 0 Å². The number of fused-ring (bicyclic) bond motifs is 1. The molecule has 1 unspecified atom stereocenters. The van der Waals surface area contributed by atoms with Crippen LogP contribution in [0, 0.1) is 0 Å². The molecule has 0 aromatic carbocycles. The van der Waals surface area contributed by atoms with Crippen molar-refractivity contribution in [2.45, 2.75) is 71.3 Å². The number of aromatic nitrogens is 2. The highest BCUT2D eigenvalue weighted by Crippen LogP contribution is 2.24. The third-order valence-electron chi connectivity index (χ3n) is 3.64. The van der Waals surface area contributed by atoms with Crippen LogP contribution in [0.1, 0.15) is 69.9 Å². The third kappa shape index (κ3) is 2.66. The summed E-state index contributed by atoms with van der Waals surface area (Å²) in [4.78, 5) is 4.76. The highest BCUT2D eigenvalue weighted by atomic mass is 15.1. The van der Waals surface area contributed by atoms with Crippen LogP contribution in [0.4, 0.5) is 0 Å². The van der Waals surface area contributed by atoms with E-state index in [1.165, 1.54) is 62.9 Å². The summed E-state index contributed by atoms with van der Waals surface area (Å²) >= 11 is 0. The fraction of sp³-hybridized carbons (Fsp3) is 0.786. The number of rotatable bonds is 5. The van der Waals surface area contributed by atoms with Gasteiger partial charge in [0.25, 0.3) is 0 Å². The number of hydrogen-bond donors (Lipinski definition) is 0. The Kier molecular flexibility index (Phi) is 4.03. The highest BCUT2D eigenvalue weighted by molar-refractivity contribution is 5.08. The summed E-state index contributed by atoms with van der Waals surface area (Å²) in [7, 11) is 0. The van der Waals surface area contributed by atoms with Crippen molar-refractivity contribution in [1.82, 2.24) is 9.55 Å². The minimum absolute atomic E-state index is 0.667. The van der Waals surface area contributed by atoms with Crippen LogP contribution in [0.2, 0.25) is 0 Å². The van der Waals surface area contributed by atoms with E-state index < -0.39 is 0 Å². The molecule has 1 aliphatic heterocycles. The largest absolute Gasteiger partial charge is 0.332 e. The van der Waals surface area contributed by atoms with E-state index in [4.69, 9.17) is 4.98 Å². The van der Waals surface area contributed by atoms with E-state index in [2.05, 4.69) is 24.6 Å². The first-order chi connectivity index (χ1) is 7.81. The van der Waals surface area contributed by atoms with Gasteiger partial charge < -0.3 is 4.57 Å². The smallest absolute Gasteiger partial charge is 0.109 e. The molecular weight excluding hydrogens is 196 g/mol. The molecule has 0 saturated heterocycles. The van der Waals surface area contributed by atoms with E-state index in [9.17, 15) is 0 Å². The summed E-state index contributed by atoms with van der Waals surface area (Å²) in [6.45, 7) is 4.57. The first kappa shape index (κ1) is 11.7. The molecule has 2 nitrogen and oxygen atoms in total. The lowest BCUT2D eigenvalue weighted by atomic mass is 10.1. The lowest BCUT2D eigenvalue weighted by Gasteiger charge is -2.20. The molecule has 2 heteroatoms. The summed E-state index contributed by atoms with van der Waals surface area (Å²) < 4.78 is 2.40. The van der Waals surface area contributed by atoms with Crippen molar-refractivity contribution in [2.75, 3.05) is 0 Å². The second-order valence-electron chi connectivity index (χ2n) is 5.11. The molecule has 1 atom stereocenters. The van der Waals surface area contributed by atoms with Gasteiger partial charge in [-0.05, 0) is 32.6 Å². The van der Waals surface area contributed by atoms with Crippen molar-refractivity contribution in [1.29, 1.82) is 0 Å². The molecule has 90 valence electrons. The Morgan fingerprint density at radius 1 is 1.38 bits per heavy atom. The predicted molar refractivity (Wildman–Crippen MR) is 67.7 cm³/mol. The van der Waals surface area contributed by atoms with Gasteiger partial charge >= 0.3 is 0 Å². The number of aryl methyl sites for hydroxylation is 2. The van der Waals surface area contributed by atoms with Gasteiger partial charge in [-0.1, -0.05) is 26.2 Å². The van der Waals surface area contributed by atoms with E-state index in [1.54, 1.807) is 0 Å². The number of nitrogens with zero attached hydrogens (tertiary/aromatic N) is 2. The Bertz CT molecular complexity index is 327. The summed E-state index contributed by atoms with van der Waals surface area (Å²) in [5.74, 6) is 1.32. The average Bonchev–Trinajstić information content (AvgIpc) is 2.69. The second-order valence-corrected chi connectivity index (χ2v) is 5.11. The lowest BCUT2D eigenvalue weighted by molar-refractivity contribution is 0.425. The number of imidazole rings is 1. The highest BCUT2D eigenvalue weighted by Gasteiger charge is 2.17. The van der Waals surface area contributed by atoms with Crippen LogP contribution in [-0.4, -0.2) is 9.55 Å². The first-order valence-corrected chi connectivity index (χ1v) is 6.88. The minimum Gasteiger partial charge on any atom is -0.332 e. The summed E-state index contributed by atoms with van der Waals surface area (Å²) in [6.07, 6.45) is 12.6. The van der Waals surface area contributed by atoms with Crippen molar-refractivity contribution in [3.05, 3.63) is 17.7 Å². The van der Waals surface area contributed by atoms with Gasteiger partial charge in [-0.2, -0.15) is 0 Å². The fourth-order valence-corrected chi connectivity index (χ4v) is 2.60. The number of hydrogen-bond acceptors (Lipinski definition) is 1. The molecule has 1 aromatic heterocycles. The molecule has 1 aromatic rings. The zero-order valence-electron chi connectivity index (χ0n) is 10.7. The Hall–Kier alpha value is -0.790. The van der Waals surface area contributed by atoms with E-state index in [1.807, 2.05) is 0 Å². The second kappa shape index (κ2) is 5.51. The quantitative estimate of drug-likeness (QED) is 0.688. The van der Waals surface area contributed by atoms with Gasteiger partial charge in [0.1, 0.15) is 5.82 Å². The van der Waals surface area contributed by atoms with Crippen LogP contribution in [0.15, 0.2) is 6.20 Å². The summed E-state index contributed by atoms with van der Waals surface area (Å²) in [5, 5.41) is 0. The van der Waals surface area contributed by atoms with Crippen molar-refractivity contribution in [3.8, 4) is 0 Å². The van der Waals surface area contributed by atoms with Crippen LogP contribution in [0.3, 0.4) is 0 Å². The van der Waals surface area contributed by atoms with Gasteiger partial charge in [-0.3, -0.25) is 0 Å². The monoisotopic (exact) mass is 220 g/mol. The molecule has 2 rings (SSSR count).